The summed E-state index contributed by atoms with van der Waals surface area (Å²) in [5.74, 6) is -2.51. The van der Waals surface area contributed by atoms with Crippen molar-refractivity contribution in [2.75, 3.05) is 6.61 Å². The van der Waals surface area contributed by atoms with Crippen LogP contribution in [0.5, 0.6) is 0 Å². The summed E-state index contributed by atoms with van der Waals surface area (Å²) < 4.78 is 28.1. The summed E-state index contributed by atoms with van der Waals surface area (Å²) in [5, 5.41) is 2.06. The van der Waals surface area contributed by atoms with Gasteiger partial charge in [-0.3, -0.25) is 19.2 Å². The monoisotopic (exact) mass is 548 g/mol. The molecule has 5 atom stereocenters. The van der Waals surface area contributed by atoms with E-state index < -0.39 is 60.9 Å². The van der Waals surface area contributed by atoms with Crippen molar-refractivity contribution in [2.24, 2.45) is 0 Å². The lowest BCUT2D eigenvalue weighted by molar-refractivity contribution is -0.237. The van der Waals surface area contributed by atoms with E-state index in [1.54, 1.807) is 0 Å². The van der Waals surface area contributed by atoms with E-state index in [0.29, 0.717) is 0 Å². The van der Waals surface area contributed by atoms with Gasteiger partial charge in [-0.25, -0.2) is 0 Å². The Bertz CT molecular complexity index is 1040. The topological polar surface area (TPSA) is 114 Å². The average molecular weight is 549 g/mol. The molecule has 0 spiro atoms. The van der Waals surface area contributed by atoms with E-state index in [0.717, 1.165) is 10.6 Å². The van der Waals surface area contributed by atoms with Gasteiger partial charge in [-0.05, 0) is 10.6 Å². The van der Waals surface area contributed by atoms with Gasteiger partial charge in [0.05, 0.1) is 0 Å². The Morgan fingerprint density at radius 1 is 0.703 bits per heavy atom. The highest BCUT2D eigenvalue weighted by Gasteiger charge is 2.53. The van der Waals surface area contributed by atoms with Crippen LogP contribution in [0, 0.1) is 0 Å². The Morgan fingerprint density at radius 2 is 1.16 bits per heavy atom. The molecule has 0 aromatic heterocycles. The van der Waals surface area contributed by atoms with Crippen LogP contribution in [0.4, 0.5) is 0 Å². The predicted octanol–water partition coefficient (Wildman–Crippen LogP) is 2.85. The molecule has 3 rings (SSSR count). The summed E-state index contributed by atoms with van der Waals surface area (Å²) in [7, 11) is -1.09. The fourth-order valence-electron chi connectivity index (χ4n) is 3.78. The van der Waals surface area contributed by atoms with Gasteiger partial charge in [-0.1, -0.05) is 72.0 Å². The van der Waals surface area contributed by atoms with Gasteiger partial charge < -0.3 is 23.7 Å². The smallest absolute Gasteiger partial charge is 0.303 e. The summed E-state index contributed by atoms with van der Waals surface area (Å²) in [6, 6.07) is 19.6. The summed E-state index contributed by atoms with van der Waals surface area (Å²) in [5.41, 5.74) is -0.855. The lowest BCUT2D eigenvalue weighted by Gasteiger charge is -2.44. The van der Waals surface area contributed by atoms with Crippen LogP contribution in [0.25, 0.3) is 0 Å². The van der Waals surface area contributed by atoms with Gasteiger partial charge >= 0.3 is 23.9 Å². The lowest BCUT2D eigenvalue weighted by Crippen LogP contribution is -2.61. The minimum Gasteiger partial charge on any atom is -0.463 e. The molecule has 0 bridgehead atoms. The first kappa shape index (κ1) is 28.6. The number of esters is 4. The molecule has 1 heterocycles. The Balaban J connectivity index is 2.05. The van der Waals surface area contributed by atoms with Crippen molar-refractivity contribution in [3.63, 3.8) is 0 Å². The Hall–Kier alpha value is -2.94. The maximum atomic E-state index is 12.1. The SMILES string of the molecule is CC(=O)OCC1OC(SP(c2ccccc2)c2ccccc2)C(OC(C)=O)C(OC(C)=O)C1OC(C)=O. The largest absolute Gasteiger partial charge is 0.463 e. The molecular formula is C26H29O9PS. The summed E-state index contributed by atoms with van der Waals surface area (Å²) >= 11 is 1.40. The van der Waals surface area contributed by atoms with E-state index in [2.05, 4.69) is 0 Å². The highest BCUT2D eigenvalue weighted by molar-refractivity contribution is 8.60. The molecule has 2 aromatic rings. The zero-order valence-corrected chi connectivity index (χ0v) is 22.6. The van der Waals surface area contributed by atoms with Crippen LogP contribution >= 0.6 is 18.5 Å². The number of carbonyl (C=O) groups is 4. The number of benzene rings is 2. The molecule has 0 amide bonds. The molecule has 0 radical (unpaired) electrons. The van der Waals surface area contributed by atoms with Crippen molar-refractivity contribution in [3.05, 3.63) is 60.7 Å². The number of ether oxygens (including phenoxy) is 5. The fourth-order valence-corrected chi connectivity index (χ4v) is 8.53. The van der Waals surface area contributed by atoms with Crippen LogP contribution in [0.15, 0.2) is 60.7 Å². The number of hydrogen-bond donors (Lipinski definition) is 0. The lowest BCUT2D eigenvalue weighted by atomic mass is 9.99. The third-order valence-electron chi connectivity index (χ3n) is 5.14. The third-order valence-corrected chi connectivity index (χ3v) is 9.99. The van der Waals surface area contributed by atoms with E-state index >= 15 is 0 Å². The molecule has 0 saturated carbocycles. The molecule has 1 fully saturated rings. The summed E-state index contributed by atoms with van der Waals surface area (Å²) in [4.78, 5) is 47.7. The first-order valence-corrected chi connectivity index (χ1v) is 14.4. The van der Waals surface area contributed by atoms with Gasteiger partial charge in [0.25, 0.3) is 0 Å². The normalized spacial score (nSPS) is 23.1. The van der Waals surface area contributed by atoms with E-state index in [-0.39, 0.29) is 6.61 Å². The standard InChI is InChI=1S/C26H29O9PS/c1-16(27)31-15-22-23(32-17(2)28)24(33-18(3)29)25(34-19(4)30)26(35-22)37-36(20-11-7-5-8-12-20)21-13-9-6-10-14-21/h5-14,22-26H,15H2,1-4H3. The third kappa shape index (κ3) is 8.28. The average Bonchev–Trinajstić information content (AvgIpc) is 2.85. The zero-order valence-electron chi connectivity index (χ0n) is 20.9. The van der Waals surface area contributed by atoms with Crippen LogP contribution in [-0.2, 0) is 42.9 Å². The summed E-state index contributed by atoms with van der Waals surface area (Å²) in [6.07, 6.45) is -4.46. The highest BCUT2D eigenvalue weighted by atomic mass is 32.7. The first-order chi connectivity index (χ1) is 17.7. The zero-order chi connectivity index (χ0) is 26.9. The molecule has 11 heteroatoms. The van der Waals surface area contributed by atoms with E-state index in [4.69, 9.17) is 23.7 Å². The molecule has 2 aromatic carbocycles. The highest BCUT2D eigenvalue weighted by Crippen LogP contribution is 2.53. The van der Waals surface area contributed by atoms with E-state index in [1.165, 1.54) is 39.1 Å². The summed E-state index contributed by atoms with van der Waals surface area (Å²) in [6.45, 7) is 4.61. The second-order valence-electron chi connectivity index (χ2n) is 8.14. The minimum atomic E-state index is -1.19. The Morgan fingerprint density at radius 3 is 1.62 bits per heavy atom. The van der Waals surface area contributed by atoms with Crippen molar-refractivity contribution in [3.8, 4) is 0 Å². The minimum absolute atomic E-state index is 0.260. The van der Waals surface area contributed by atoms with Crippen molar-refractivity contribution in [1.82, 2.24) is 0 Å². The fraction of sp³-hybridized carbons (Fsp3) is 0.385. The van der Waals surface area contributed by atoms with Crippen molar-refractivity contribution in [1.29, 1.82) is 0 Å². The van der Waals surface area contributed by atoms with Crippen LogP contribution in [0.1, 0.15) is 27.7 Å². The molecule has 0 aliphatic carbocycles. The van der Waals surface area contributed by atoms with Gasteiger partial charge in [0, 0.05) is 34.8 Å². The maximum absolute atomic E-state index is 12.1. The quantitative estimate of drug-likeness (QED) is 0.263. The van der Waals surface area contributed by atoms with Crippen molar-refractivity contribution in [2.45, 2.75) is 57.5 Å². The van der Waals surface area contributed by atoms with E-state index in [1.807, 2.05) is 60.7 Å². The molecule has 198 valence electrons. The Labute approximate surface area is 220 Å². The second kappa shape index (κ2) is 13.6. The van der Waals surface area contributed by atoms with Gasteiger partial charge in [0.15, 0.2) is 18.3 Å². The van der Waals surface area contributed by atoms with Crippen LogP contribution in [-0.4, -0.2) is 60.3 Å². The number of carbonyl (C=O) groups excluding carboxylic acids is 4. The van der Waals surface area contributed by atoms with Crippen LogP contribution < -0.4 is 10.6 Å². The molecule has 1 saturated heterocycles. The molecule has 0 N–H and O–H groups in total. The molecular weight excluding hydrogens is 519 g/mol. The van der Waals surface area contributed by atoms with Gasteiger partial charge in [-0.15, -0.1) is 0 Å². The maximum Gasteiger partial charge on any atom is 0.303 e. The molecule has 37 heavy (non-hydrogen) atoms. The van der Waals surface area contributed by atoms with Crippen molar-refractivity contribution >= 4 is 53.0 Å². The van der Waals surface area contributed by atoms with E-state index in [9.17, 15) is 19.2 Å². The second-order valence-corrected chi connectivity index (χ2v) is 12.2. The van der Waals surface area contributed by atoms with Gasteiger partial charge in [-0.2, -0.15) is 0 Å². The first-order valence-electron chi connectivity index (χ1n) is 11.5. The van der Waals surface area contributed by atoms with Crippen molar-refractivity contribution < 1.29 is 42.9 Å². The predicted molar refractivity (Wildman–Crippen MR) is 139 cm³/mol. The van der Waals surface area contributed by atoms with Gasteiger partial charge in [0.1, 0.15) is 18.1 Å². The van der Waals surface area contributed by atoms with Gasteiger partial charge in [0.2, 0.25) is 0 Å². The number of rotatable bonds is 9. The molecule has 5 unspecified atom stereocenters. The van der Waals surface area contributed by atoms with Crippen LogP contribution in [0.2, 0.25) is 0 Å². The molecule has 1 aliphatic rings. The molecule has 1 aliphatic heterocycles. The number of hydrogen-bond acceptors (Lipinski definition) is 10. The van der Waals surface area contributed by atoms with Crippen LogP contribution in [0.3, 0.4) is 0 Å². The Kier molecular flexibility index (Phi) is 10.5. The molecule has 9 nitrogen and oxygen atoms in total.